The monoisotopic (exact) mass is 305 g/mol. The molecule has 0 spiro atoms. The number of amides is 1. The Morgan fingerprint density at radius 2 is 2.00 bits per heavy atom. The Hall–Kier alpha value is -2.04. The largest absolute Gasteiger partial charge is 0.497 e. The Balaban J connectivity index is 1.96. The number of anilines is 1. The van der Waals surface area contributed by atoms with Crippen LogP contribution in [0.25, 0.3) is 0 Å². The third-order valence-corrected chi connectivity index (χ3v) is 3.24. The summed E-state index contributed by atoms with van der Waals surface area (Å²) in [6.45, 7) is 0. The van der Waals surface area contributed by atoms with E-state index in [4.69, 9.17) is 16.3 Å². The van der Waals surface area contributed by atoms with Gasteiger partial charge in [-0.2, -0.15) is 0 Å². The number of aliphatic hydroxyl groups is 1. The van der Waals surface area contributed by atoms with Gasteiger partial charge in [-0.15, -0.1) is 0 Å². The summed E-state index contributed by atoms with van der Waals surface area (Å²) in [6.07, 6.45) is -0.897. The van der Waals surface area contributed by atoms with E-state index < -0.39 is 6.10 Å². The number of rotatable bonds is 5. The van der Waals surface area contributed by atoms with E-state index in [-0.39, 0.29) is 12.3 Å². The summed E-state index contributed by atoms with van der Waals surface area (Å²) in [5, 5.41) is 13.3. The number of hydrogen-bond acceptors (Lipinski definition) is 3. The first kappa shape index (κ1) is 15.4. The van der Waals surface area contributed by atoms with Crippen LogP contribution in [0.15, 0.2) is 48.5 Å². The van der Waals surface area contributed by atoms with Gasteiger partial charge in [0, 0.05) is 16.8 Å². The van der Waals surface area contributed by atoms with Gasteiger partial charge in [-0.1, -0.05) is 29.8 Å². The van der Waals surface area contributed by atoms with Crippen LogP contribution >= 0.6 is 11.6 Å². The lowest BCUT2D eigenvalue weighted by Gasteiger charge is -2.12. The predicted octanol–water partition coefficient (Wildman–Crippen LogP) is 3.41. The molecule has 0 fully saturated rings. The molecule has 5 heteroatoms. The molecule has 4 nitrogen and oxygen atoms in total. The van der Waals surface area contributed by atoms with Crippen molar-refractivity contribution >= 4 is 23.2 Å². The summed E-state index contributed by atoms with van der Waals surface area (Å²) in [5.41, 5.74) is 1.28. The van der Waals surface area contributed by atoms with E-state index in [9.17, 15) is 9.90 Å². The van der Waals surface area contributed by atoms with E-state index in [1.165, 1.54) is 0 Å². The highest BCUT2D eigenvalue weighted by molar-refractivity contribution is 6.30. The molecule has 0 heterocycles. The second-order valence-electron chi connectivity index (χ2n) is 4.55. The third kappa shape index (κ3) is 4.48. The molecule has 0 aliphatic rings. The van der Waals surface area contributed by atoms with Crippen LogP contribution in [0.2, 0.25) is 5.02 Å². The number of benzene rings is 2. The molecule has 0 aromatic heterocycles. The molecule has 21 heavy (non-hydrogen) atoms. The molecule has 1 unspecified atom stereocenters. The fourth-order valence-corrected chi connectivity index (χ4v) is 2.02. The van der Waals surface area contributed by atoms with Gasteiger partial charge in [0.2, 0.25) is 5.91 Å². The predicted molar refractivity (Wildman–Crippen MR) is 82.7 cm³/mol. The first-order valence-electron chi connectivity index (χ1n) is 6.46. The highest BCUT2D eigenvalue weighted by atomic mass is 35.5. The van der Waals surface area contributed by atoms with Crippen molar-refractivity contribution in [3.05, 3.63) is 59.1 Å². The van der Waals surface area contributed by atoms with Crippen molar-refractivity contribution in [2.75, 3.05) is 12.4 Å². The average molecular weight is 306 g/mol. The minimum Gasteiger partial charge on any atom is -0.497 e. The lowest BCUT2D eigenvalue weighted by Crippen LogP contribution is -2.15. The third-order valence-electron chi connectivity index (χ3n) is 2.99. The van der Waals surface area contributed by atoms with Gasteiger partial charge in [-0.3, -0.25) is 4.79 Å². The molecule has 1 atom stereocenters. The molecule has 1 amide bonds. The summed E-state index contributed by atoms with van der Waals surface area (Å²) >= 11 is 5.79. The number of halogens is 1. The molecule has 0 saturated heterocycles. The van der Waals surface area contributed by atoms with Gasteiger partial charge in [0.1, 0.15) is 5.75 Å². The Morgan fingerprint density at radius 1 is 1.29 bits per heavy atom. The molecule has 2 N–H and O–H groups in total. The highest BCUT2D eigenvalue weighted by Crippen LogP contribution is 2.21. The highest BCUT2D eigenvalue weighted by Gasteiger charge is 2.13. The van der Waals surface area contributed by atoms with Crippen molar-refractivity contribution in [2.24, 2.45) is 0 Å². The van der Waals surface area contributed by atoms with Crippen molar-refractivity contribution in [1.29, 1.82) is 0 Å². The molecular weight excluding hydrogens is 290 g/mol. The fourth-order valence-electron chi connectivity index (χ4n) is 1.89. The zero-order chi connectivity index (χ0) is 15.2. The lowest BCUT2D eigenvalue weighted by molar-refractivity contribution is -0.118. The van der Waals surface area contributed by atoms with E-state index in [0.29, 0.717) is 22.0 Å². The number of hydrogen-bond donors (Lipinski definition) is 2. The zero-order valence-corrected chi connectivity index (χ0v) is 12.3. The minimum atomic E-state index is -0.868. The standard InChI is InChI=1S/C16H16ClNO3/c1-21-14-4-2-3-13(9-14)18-16(20)10-15(19)11-5-7-12(17)8-6-11/h2-9,15,19H,10H2,1H3,(H,18,20). The molecule has 2 aromatic carbocycles. The smallest absolute Gasteiger partial charge is 0.227 e. The maximum Gasteiger partial charge on any atom is 0.227 e. The zero-order valence-electron chi connectivity index (χ0n) is 11.5. The fraction of sp³-hybridized carbons (Fsp3) is 0.188. The van der Waals surface area contributed by atoms with Gasteiger partial charge in [-0.05, 0) is 29.8 Å². The van der Waals surface area contributed by atoms with Crippen LogP contribution in [0.5, 0.6) is 5.75 Å². The number of carbonyl (C=O) groups is 1. The molecule has 2 aromatic rings. The maximum atomic E-state index is 11.9. The summed E-state index contributed by atoms with van der Waals surface area (Å²) in [7, 11) is 1.56. The van der Waals surface area contributed by atoms with Gasteiger partial charge >= 0.3 is 0 Å². The Kier molecular flexibility index (Phi) is 5.20. The summed E-state index contributed by atoms with van der Waals surface area (Å²) in [6, 6.07) is 13.8. The average Bonchev–Trinajstić information content (AvgIpc) is 2.47. The van der Waals surface area contributed by atoms with Gasteiger partial charge in [-0.25, -0.2) is 0 Å². The summed E-state index contributed by atoms with van der Waals surface area (Å²) in [4.78, 5) is 11.9. The molecule has 0 radical (unpaired) electrons. The minimum absolute atomic E-state index is 0.0289. The molecule has 0 aliphatic heterocycles. The van der Waals surface area contributed by atoms with E-state index in [1.807, 2.05) is 0 Å². The van der Waals surface area contributed by atoms with Crippen LogP contribution in [0.4, 0.5) is 5.69 Å². The van der Waals surface area contributed by atoms with Gasteiger partial charge < -0.3 is 15.2 Å². The molecular formula is C16H16ClNO3. The number of nitrogens with one attached hydrogen (secondary N) is 1. The molecule has 110 valence electrons. The van der Waals surface area contributed by atoms with E-state index in [2.05, 4.69) is 5.32 Å². The summed E-state index contributed by atoms with van der Waals surface area (Å²) < 4.78 is 5.08. The number of ether oxygens (including phenoxy) is 1. The molecule has 0 aliphatic carbocycles. The molecule has 0 bridgehead atoms. The van der Waals surface area contributed by atoms with Crippen LogP contribution in [-0.4, -0.2) is 18.1 Å². The van der Waals surface area contributed by atoms with Crippen LogP contribution in [0.1, 0.15) is 18.1 Å². The van der Waals surface area contributed by atoms with Gasteiger partial charge in [0.25, 0.3) is 0 Å². The van der Waals surface area contributed by atoms with E-state index in [0.717, 1.165) is 0 Å². The lowest BCUT2D eigenvalue weighted by atomic mass is 10.1. The van der Waals surface area contributed by atoms with Gasteiger partial charge in [0.05, 0.1) is 19.6 Å². The Morgan fingerprint density at radius 3 is 2.67 bits per heavy atom. The number of aliphatic hydroxyl groups excluding tert-OH is 1. The molecule has 0 saturated carbocycles. The van der Waals surface area contributed by atoms with Crippen molar-refractivity contribution in [3.63, 3.8) is 0 Å². The van der Waals surface area contributed by atoms with E-state index >= 15 is 0 Å². The topological polar surface area (TPSA) is 58.6 Å². The van der Waals surface area contributed by atoms with Crippen molar-refractivity contribution in [3.8, 4) is 5.75 Å². The van der Waals surface area contributed by atoms with Gasteiger partial charge in [0.15, 0.2) is 0 Å². The Bertz CT molecular complexity index is 613. The van der Waals surface area contributed by atoms with Crippen molar-refractivity contribution in [2.45, 2.75) is 12.5 Å². The maximum absolute atomic E-state index is 11.9. The van der Waals surface area contributed by atoms with Crippen LogP contribution < -0.4 is 10.1 Å². The number of methoxy groups -OCH3 is 1. The normalized spacial score (nSPS) is 11.8. The van der Waals surface area contributed by atoms with Crippen LogP contribution in [0, 0.1) is 0 Å². The number of carbonyl (C=O) groups excluding carboxylic acids is 1. The quantitative estimate of drug-likeness (QED) is 0.890. The first-order valence-corrected chi connectivity index (χ1v) is 6.83. The second-order valence-corrected chi connectivity index (χ2v) is 4.99. The molecule has 2 rings (SSSR count). The van der Waals surface area contributed by atoms with E-state index in [1.54, 1.807) is 55.6 Å². The summed E-state index contributed by atoms with van der Waals surface area (Å²) in [5.74, 6) is 0.386. The Labute approximate surface area is 128 Å². The van der Waals surface area contributed by atoms with Crippen molar-refractivity contribution in [1.82, 2.24) is 0 Å². The van der Waals surface area contributed by atoms with Crippen LogP contribution in [0.3, 0.4) is 0 Å². The second kappa shape index (κ2) is 7.11. The first-order chi connectivity index (χ1) is 10.1. The SMILES string of the molecule is COc1cccc(NC(=O)CC(O)c2ccc(Cl)cc2)c1. The van der Waals surface area contributed by atoms with Crippen LogP contribution in [-0.2, 0) is 4.79 Å². The van der Waals surface area contributed by atoms with Crippen molar-refractivity contribution < 1.29 is 14.6 Å².